The maximum Gasteiger partial charge on any atom is 0.216 e. The molecule has 0 aliphatic heterocycles. The van der Waals surface area contributed by atoms with Gasteiger partial charge in [0.05, 0.1) is 5.56 Å². The summed E-state index contributed by atoms with van der Waals surface area (Å²) in [5.41, 5.74) is 10.1. The van der Waals surface area contributed by atoms with Crippen molar-refractivity contribution in [2.24, 2.45) is 7.05 Å². The summed E-state index contributed by atoms with van der Waals surface area (Å²) in [5.74, 6) is 0. The normalized spacial score (nSPS) is 11.3. The Kier molecular flexibility index (Phi) is 4.58. The Morgan fingerprint density at radius 2 is 1.33 bits per heavy atom. The van der Waals surface area contributed by atoms with Gasteiger partial charge in [-0.1, -0.05) is 78.9 Å². The predicted octanol–water partition coefficient (Wildman–Crippen LogP) is 7.72. The van der Waals surface area contributed by atoms with Gasteiger partial charge in [0.15, 0.2) is 6.20 Å². The molecule has 0 N–H and O–H groups in total. The number of furan rings is 1. The first-order valence-corrected chi connectivity index (χ1v) is 11.3. The molecule has 0 amide bonds. The fourth-order valence-electron chi connectivity index (χ4n) is 4.79. The lowest BCUT2D eigenvalue weighted by Crippen LogP contribution is -2.30. The van der Waals surface area contributed by atoms with Gasteiger partial charge in [0, 0.05) is 28.5 Å². The van der Waals surface area contributed by atoms with Crippen molar-refractivity contribution in [3.05, 3.63) is 115 Å². The van der Waals surface area contributed by atoms with Gasteiger partial charge >= 0.3 is 0 Å². The number of hydrogen-bond acceptors (Lipinski definition) is 1. The molecule has 6 aromatic rings. The van der Waals surface area contributed by atoms with Gasteiger partial charge in [-0.3, -0.25) is 0 Å². The third-order valence-corrected chi connectivity index (χ3v) is 6.47. The largest absolute Gasteiger partial charge is 0.454 e. The summed E-state index contributed by atoms with van der Waals surface area (Å²) in [6.45, 7) is 2.15. The standard InChI is InChI=1S/C31H24NO/c1-21-17-18-27-26-15-9-14-25(24-13-8-12-23(20-24)22-10-4-3-5-11-22)30(26)33-31(27)29(21)28-16-6-7-19-32(28)2/h3-20H,1-2H3/q+1. The van der Waals surface area contributed by atoms with E-state index >= 15 is 0 Å². The van der Waals surface area contributed by atoms with E-state index < -0.39 is 0 Å². The lowest BCUT2D eigenvalue weighted by Gasteiger charge is -2.07. The number of benzene rings is 4. The van der Waals surface area contributed by atoms with Gasteiger partial charge in [0.1, 0.15) is 18.2 Å². The van der Waals surface area contributed by atoms with Gasteiger partial charge in [0.25, 0.3) is 0 Å². The number of aromatic nitrogens is 1. The number of pyridine rings is 1. The Labute approximate surface area is 193 Å². The van der Waals surface area contributed by atoms with Crippen LogP contribution in [0.1, 0.15) is 5.56 Å². The lowest BCUT2D eigenvalue weighted by molar-refractivity contribution is -0.660. The van der Waals surface area contributed by atoms with Crippen LogP contribution in [0.25, 0.3) is 55.4 Å². The first-order valence-electron chi connectivity index (χ1n) is 11.3. The second kappa shape index (κ2) is 7.75. The highest BCUT2D eigenvalue weighted by Crippen LogP contribution is 2.40. The Bertz CT molecular complexity index is 1630. The molecule has 33 heavy (non-hydrogen) atoms. The second-order valence-electron chi connectivity index (χ2n) is 8.56. The van der Waals surface area contributed by atoms with Crippen LogP contribution in [0.5, 0.6) is 0 Å². The Hall–Kier alpha value is -4.17. The number of nitrogens with zero attached hydrogens (tertiary/aromatic N) is 1. The van der Waals surface area contributed by atoms with Gasteiger partial charge in [-0.2, -0.15) is 0 Å². The van der Waals surface area contributed by atoms with Crippen LogP contribution < -0.4 is 4.57 Å². The second-order valence-corrected chi connectivity index (χ2v) is 8.56. The van der Waals surface area contributed by atoms with Crippen molar-refractivity contribution in [2.75, 3.05) is 0 Å². The molecule has 0 atom stereocenters. The highest BCUT2D eigenvalue weighted by molar-refractivity contribution is 6.13. The van der Waals surface area contributed by atoms with Crippen LogP contribution in [-0.4, -0.2) is 0 Å². The van der Waals surface area contributed by atoms with E-state index in [1.807, 2.05) is 0 Å². The van der Waals surface area contributed by atoms with Crippen molar-refractivity contribution in [1.29, 1.82) is 0 Å². The minimum atomic E-state index is 0.933. The van der Waals surface area contributed by atoms with Gasteiger partial charge in [-0.05, 0) is 41.3 Å². The zero-order valence-corrected chi connectivity index (χ0v) is 18.7. The molecule has 0 aliphatic carbocycles. The van der Waals surface area contributed by atoms with E-state index in [4.69, 9.17) is 4.42 Å². The summed E-state index contributed by atoms with van der Waals surface area (Å²) in [7, 11) is 2.08. The molecule has 0 spiro atoms. The molecule has 0 fully saturated rings. The topological polar surface area (TPSA) is 17.0 Å². The fourth-order valence-corrected chi connectivity index (χ4v) is 4.79. The molecular weight excluding hydrogens is 402 g/mol. The summed E-state index contributed by atoms with van der Waals surface area (Å²) >= 11 is 0. The van der Waals surface area contributed by atoms with Gasteiger partial charge < -0.3 is 4.42 Å². The molecule has 0 bridgehead atoms. The van der Waals surface area contributed by atoms with E-state index in [0.717, 1.165) is 44.3 Å². The van der Waals surface area contributed by atoms with Gasteiger partial charge in [0.2, 0.25) is 5.69 Å². The van der Waals surface area contributed by atoms with E-state index in [2.05, 4.69) is 128 Å². The molecule has 2 aromatic heterocycles. The summed E-state index contributed by atoms with van der Waals surface area (Å²) < 4.78 is 8.84. The maximum atomic E-state index is 6.69. The highest BCUT2D eigenvalue weighted by atomic mass is 16.3. The van der Waals surface area contributed by atoms with Crippen molar-refractivity contribution in [2.45, 2.75) is 6.92 Å². The van der Waals surface area contributed by atoms with Crippen molar-refractivity contribution in [3.63, 3.8) is 0 Å². The van der Waals surface area contributed by atoms with Crippen molar-refractivity contribution in [1.82, 2.24) is 0 Å². The first-order chi connectivity index (χ1) is 16.2. The van der Waals surface area contributed by atoms with Crippen molar-refractivity contribution >= 4 is 21.9 Å². The van der Waals surface area contributed by atoms with Crippen molar-refractivity contribution < 1.29 is 8.98 Å². The molecule has 2 heterocycles. The van der Waals surface area contributed by atoms with Crippen LogP contribution in [0.2, 0.25) is 0 Å². The minimum Gasteiger partial charge on any atom is -0.454 e. The van der Waals surface area contributed by atoms with Gasteiger partial charge in [-0.25, -0.2) is 4.57 Å². The molecule has 158 valence electrons. The molecule has 0 aliphatic rings. The van der Waals surface area contributed by atoms with Crippen LogP contribution >= 0.6 is 0 Å². The molecule has 2 heteroatoms. The number of para-hydroxylation sites is 1. The molecule has 4 aromatic carbocycles. The number of fused-ring (bicyclic) bond motifs is 3. The predicted molar refractivity (Wildman–Crippen MR) is 136 cm³/mol. The molecule has 0 saturated heterocycles. The Balaban J connectivity index is 1.61. The van der Waals surface area contributed by atoms with Crippen LogP contribution in [-0.2, 0) is 7.05 Å². The first kappa shape index (κ1) is 19.5. The third kappa shape index (κ3) is 3.23. The zero-order valence-electron chi connectivity index (χ0n) is 18.7. The van der Waals surface area contributed by atoms with E-state index in [0.29, 0.717) is 0 Å². The number of rotatable bonds is 3. The van der Waals surface area contributed by atoms with Crippen molar-refractivity contribution in [3.8, 4) is 33.5 Å². The average molecular weight is 427 g/mol. The fraction of sp³-hybridized carbons (Fsp3) is 0.0645. The zero-order chi connectivity index (χ0) is 22.4. The summed E-state index contributed by atoms with van der Waals surface area (Å²) in [6, 6.07) is 36.3. The summed E-state index contributed by atoms with van der Waals surface area (Å²) in [4.78, 5) is 0. The molecule has 2 nitrogen and oxygen atoms in total. The third-order valence-electron chi connectivity index (χ3n) is 6.47. The molecule has 0 unspecified atom stereocenters. The molecule has 0 saturated carbocycles. The Morgan fingerprint density at radius 3 is 2.18 bits per heavy atom. The Morgan fingerprint density at radius 1 is 0.606 bits per heavy atom. The molecular formula is C31H24NO+. The van der Waals surface area contributed by atoms with E-state index in [9.17, 15) is 0 Å². The quantitative estimate of drug-likeness (QED) is 0.265. The van der Waals surface area contributed by atoms with Crippen LogP contribution in [0.15, 0.2) is 114 Å². The lowest BCUT2D eigenvalue weighted by atomic mass is 9.97. The van der Waals surface area contributed by atoms with Crippen LogP contribution in [0, 0.1) is 6.92 Å². The average Bonchev–Trinajstić information content (AvgIpc) is 3.24. The molecule has 0 radical (unpaired) electrons. The van der Waals surface area contributed by atoms with Crippen LogP contribution in [0.3, 0.4) is 0 Å². The van der Waals surface area contributed by atoms with Crippen LogP contribution in [0.4, 0.5) is 0 Å². The SMILES string of the molecule is Cc1ccc2c(oc3c(-c4cccc(-c5ccccc5)c4)cccc32)c1-c1cccc[n+]1C. The number of hydrogen-bond donors (Lipinski definition) is 0. The minimum absolute atomic E-state index is 0.933. The van der Waals surface area contributed by atoms with E-state index in [-0.39, 0.29) is 0 Å². The van der Waals surface area contributed by atoms with E-state index in [1.54, 1.807) is 0 Å². The highest BCUT2D eigenvalue weighted by Gasteiger charge is 2.21. The summed E-state index contributed by atoms with van der Waals surface area (Å²) in [5, 5.41) is 2.29. The monoisotopic (exact) mass is 426 g/mol. The maximum absolute atomic E-state index is 6.69. The smallest absolute Gasteiger partial charge is 0.216 e. The van der Waals surface area contributed by atoms with Gasteiger partial charge in [-0.15, -0.1) is 0 Å². The number of aryl methyl sites for hydroxylation is 2. The van der Waals surface area contributed by atoms with E-state index in [1.165, 1.54) is 16.7 Å². The summed E-state index contributed by atoms with van der Waals surface area (Å²) in [6.07, 6.45) is 2.08. The molecule has 6 rings (SSSR count).